The fourth-order valence-corrected chi connectivity index (χ4v) is 15.1. The van der Waals surface area contributed by atoms with Gasteiger partial charge in [-0.2, -0.15) is 4.98 Å². The molecule has 434 valence electrons. The highest BCUT2D eigenvalue weighted by Crippen LogP contribution is 2.67. The predicted molar refractivity (Wildman–Crippen MR) is 243 cm³/mol. The number of phosphoric ester groups is 2. The van der Waals surface area contributed by atoms with E-state index in [0.717, 1.165) is 46.1 Å². The molecular formula is C33H42N15O26P5-4. The average Bonchev–Trinajstić information content (AvgIpc) is 4.41. The number of nitrogens with one attached hydrogen (secondary N) is 2. The second kappa shape index (κ2) is 21.7. The van der Waals surface area contributed by atoms with Crippen molar-refractivity contribution in [1.82, 2.24) is 53.6 Å². The molecule has 0 saturated carbocycles. The van der Waals surface area contributed by atoms with Crippen LogP contribution in [0.5, 0.6) is 0 Å². The Balaban J connectivity index is 0.882. The van der Waals surface area contributed by atoms with Crippen molar-refractivity contribution in [3.05, 3.63) is 46.0 Å². The number of rotatable bonds is 21. The summed E-state index contributed by atoms with van der Waals surface area (Å²) in [4.78, 5) is 119. The number of aliphatic hydroxyl groups is 3. The Morgan fingerprint density at radius 1 is 0.709 bits per heavy atom. The zero-order valence-electron chi connectivity index (χ0n) is 42.5. The molecule has 11 N–H and O–H groups in total. The van der Waals surface area contributed by atoms with Crippen LogP contribution < -0.4 is 57.4 Å². The highest BCUT2D eigenvalue weighted by Gasteiger charge is 2.52. The molecule has 46 heteroatoms. The van der Waals surface area contributed by atoms with Crippen LogP contribution in [0.3, 0.4) is 0 Å². The monoisotopic (exact) mass is 1220 g/mol. The van der Waals surface area contributed by atoms with Crippen LogP contribution in [0.2, 0.25) is 0 Å². The van der Waals surface area contributed by atoms with Crippen molar-refractivity contribution < 1.29 is 121 Å². The van der Waals surface area contributed by atoms with Crippen molar-refractivity contribution in [2.24, 2.45) is 7.05 Å². The minimum Gasteiger partial charge on any atom is -0.778 e. The fourth-order valence-electron chi connectivity index (χ4n) is 8.64. The number of fused-ring (bicyclic) bond motifs is 3. The fraction of sp³-hybridized carbons (Fsp3) is 0.545. The molecular weight excluding hydrogens is 1180 g/mol. The number of methoxy groups -OCH3 is 2. The third-order valence-corrected chi connectivity index (χ3v) is 19.1. The van der Waals surface area contributed by atoms with Gasteiger partial charge in [0.25, 0.3) is 48.4 Å². The van der Waals surface area contributed by atoms with Gasteiger partial charge in [-0.3, -0.25) is 55.8 Å². The van der Waals surface area contributed by atoms with Crippen LogP contribution >= 0.6 is 38.9 Å². The van der Waals surface area contributed by atoms with Crippen molar-refractivity contribution in [2.75, 3.05) is 50.7 Å². The van der Waals surface area contributed by atoms with Gasteiger partial charge in [-0.05, 0) is 0 Å². The number of hydrogen-bond donors (Lipinski definition) is 8. The lowest BCUT2D eigenvalue weighted by atomic mass is 10.1. The summed E-state index contributed by atoms with van der Waals surface area (Å²) < 4.78 is 146. The molecule has 3 saturated heterocycles. The van der Waals surface area contributed by atoms with Crippen molar-refractivity contribution in [3.63, 3.8) is 0 Å². The van der Waals surface area contributed by atoms with Crippen molar-refractivity contribution >= 4 is 90.1 Å². The summed E-state index contributed by atoms with van der Waals surface area (Å²) in [5.41, 5.74) is 14.5. The van der Waals surface area contributed by atoms with Gasteiger partial charge in [-0.1, -0.05) is 4.98 Å². The first kappa shape index (κ1) is 54.6. The molecule has 6 aromatic rings. The van der Waals surface area contributed by atoms with Crippen LogP contribution in [0.25, 0.3) is 33.5 Å². The third kappa shape index (κ3) is 12.0. The lowest BCUT2D eigenvalue weighted by molar-refractivity contribution is -0.745. The van der Waals surface area contributed by atoms with E-state index < -0.39 is 156 Å². The Hall–Kier alpha value is -4.96. The van der Waals surface area contributed by atoms with Gasteiger partial charge in [0.05, 0.1) is 43.1 Å². The summed E-state index contributed by atoms with van der Waals surface area (Å²) in [5, 5.41) is 32.8. The molecule has 6 aromatic heterocycles. The standard InChI is InChI=1S/C33H46N15O26P5/c1-45-10-48(26-16(45)28(53)44-33(36)42-26)30-19(51)20(64-2)12(69-30)5-67-77(58,59)73-79(62,63)74-78(60,61)72-75(54,55)6-13-21(22(65-3)31(70-13)46-8-39-14-23(34)37-7-38-24(14)46)71-76(56,57)66-4-11-17(49)18(50)29(68-11)47-9-40-15-25(47)41-32(35)43-27(15)52/h7-13,17-22,29-31,49-51H,4-6H2,1-3H3,(H12-,34,35,36,37,38,41,42,43,44,52,53,54,55,56,57,58,59,60,61,62,63)/p-4/t11-,12-,13-,17?,18+,19?,20+,21?,22+,29-,30-,31-/m1/s1/i2D3. The minimum atomic E-state index is -6.92. The van der Waals surface area contributed by atoms with Crippen LogP contribution in [0.1, 0.15) is 22.8 Å². The zero-order valence-corrected chi connectivity index (χ0v) is 44.0. The number of H-pyrrole nitrogens is 2. The maximum absolute atomic E-state index is 13.6. The second-order valence-corrected chi connectivity index (χ2v) is 24.9. The Bertz CT molecular complexity index is 3800. The molecule has 9 heterocycles. The first-order valence-electron chi connectivity index (χ1n) is 23.3. The number of nitrogens with two attached hydrogens (primary N) is 3. The highest BCUT2D eigenvalue weighted by molar-refractivity contribution is 7.69. The van der Waals surface area contributed by atoms with Crippen LogP contribution in [0.4, 0.5) is 17.7 Å². The molecule has 0 bridgehead atoms. The van der Waals surface area contributed by atoms with Crippen molar-refractivity contribution in [3.8, 4) is 0 Å². The van der Waals surface area contributed by atoms with Gasteiger partial charge >= 0.3 is 5.65 Å². The van der Waals surface area contributed by atoms with Gasteiger partial charge in [-0.15, -0.1) is 0 Å². The topological polar surface area (TPSA) is 603 Å². The van der Waals surface area contributed by atoms with E-state index in [0.29, 0.717) is 0 Å². The number of hydrogen-bond acceptors (Lipinski definition) is 35. The van der Waals surface area contributed by atoms with E-state index in [4.69, 9.17) is 54.0 Å². The van der Waals surface area contributed by atoms with Crippen LogP contribution in [-0.2, 0) is 80.1 Å². The summed E-state index contributed by atoms with van der Waals surface area (Å²) in [5.74, 6) is -0.970. The SMILES string of the molecule is [2H]C([2H])([2H])O[C@@H]1C(O)[C@H]([n+]2cn(C)c3c(=O)[nH]c(N)nc32)O[C@@H]1COP(=O)([O-])OP(=O)([O-])OP(=O)([O-])OP(=O)([O-])C[C@H]1O[C@@H](n2cnc3c(N)ncnc32)[C@@H](OC)C1OP(=O)([O-])OC[C@H]1O[C@@H](n2cnc3c(=O)[nH]c(N)nc32)[C@@H](O)C1O. The Morgan fingerprint density at radius 2 is 1.33 bits per heavy atom. The number of anilines is 3. The molecule has 3 aliphatic heterocycles. The molecule has 0 aliphatic carbocycles. The number of aromatic amines is 2. The lowest BCUT2D eigenvalue weighted by Gasteiger charge is -2.38. The highest BCUT2D eigenvalue weighted by atomic mass is 31.3. The van der Waals surface area contributed by atoms with E-state index >= 15 is 0 Å². The molecule has 3 aliphatic rings. The largest absolute Gasteiger partial charge is 0.778 e. The quantitative estimate of drug-likeness (QED) is 0.0245. The molecule has 3 fully saturated rings. The van der Waals surface area contributed by atoms with E-state index in [-0.39, 0.29) is 45.3 Å². The maximum atomic E-state index is 13.6. The molecule has 17 atom stereocenters. The predicted octanol–water partition coefficient (Wildman–Crippen LogP) is -7.03. The summed E-state index contributed by atoms with van der Waals surface area (Å²) >= 11 is 0. The number of aryl methyl sites for hydroxylation is 1. The average molecular weight is 1220 g/mol. The smallest absolute Gasteiger partial charge is 0.313 e. The molecule has 79 heavy (non-hydrogen) atoms. The van der Waals surface area contributed by atoms with Gasteiger partial charge < -0.3 is 98.8 Å². The Morgan fingerprint density at radius 3 is 2.04 bits per heavy atom. The first-order valence-corrected chi connectivity index (χ1v) is 29.4. The number of nitrogen functional groups attached to an aromatic ring is 3. The summed E-state index contributed by atoms with van der Waals surface area (Å²) in [6.07, 6.45) is -20.7. The van der Waals surface area contributed by atoms with Crippen molar-refractivity contribution in [2.45, 2.75) is 73.6 Å². The van der Waals surface area contributed by atoms with Crippen LogP contribution in [-0.4, -0.2) is 157 Å². The lowest BCUT2D eigenvalue weighted by Crippen LogP contribution is -2.46. The van der Waals surface area contributed by atoms with Crippen molar-refractivity contribution in [1.29, 1.82) is 0 Å². The number of ether oxygens (including phenoxy) is 5. The number of imidazole rings is 3. The third-order valence-electron chi connectivity index (χ3n) is 11.9. The Kier molecular flexibility index (Phi) is 15.0. The molecule has 8 unspecified atom stereocenters. The maximum Gasteiger partial charge on any atom is 0.313 e. The van der Waals surface area contributed by atoms with E-state index in [1.54, 1.807) is 0 Å². The molecule has 0 amide bonds. The molecule has 0 spiro atoms. The first-order chi connectivity index (χ1) is 38.1. The van der Waals surface area contributed by atoms with E-state index in [1.807, 2.05) is 0 Å². The summed E-state index contributed by atoms with van der Waals surface area (Å²) in [7, 11) is -33.5. The van der Waals surface area contributed by atoms with Gasteiger partial charge in [0.1, 0.15) is 68.3 Å². The van der Waals surface area contributed by atoms with Gasteiger partial charge in [0.2, 0.25) is 17.7 Å². The molecule has 41 nitrogen and oxygen atoms in total. The Labute approximate surface area is 441 Å². The number of aliphatic hydroxyl groups excluding tert-OH is 3. The van der Waals surface area contributed by atoms with E-state index in [1.165, 1.54) is 11.6 Å². The second-order valence-electron chi connectivity index (χ2n) is 17.1. The number of phosphoric acid groups is 4. The van der Waals surface area contributed by atoms with Gasteiger partial charge in [0, 0.05) is 20.3 Å². The van der Waals surface area contributed by atoms with Gasteiger partial charge in [-0.25, -0.2) is 33.1 Å². The minimum absolute atomic E-state index is 0.0737. The summed E-state index contributed by atoms with van der Waals surface area (Å²) in [6.45, 7) is -2.62. The number of aromatic nitrogens is 12. The number of nitrogens with zero attached hydrogens (tertiary/aromatic N) is 10. The summed E-state index contributed by atoms with van der Waals surface area (Å²) in [6, 6.07) is 0. The van der Waals surface area contributed by atoms with E-state index in [9.17, 15) is 72.2 Å². The molecule has 0 aromatic carbocycles. The van der Waals surface area contributed by atoms with E-state index in [2.05, 4.69) is 57.3 Å². The zero-order chi connectivity index (χ0) is 60.0. The molecule has 9 rings (SSSR count). The van der Waals surface area contributed by atoms with Crippen LogP contribution in [0, 0.1) is 0 Å². The van der Waals surface area contributed by atoms with Gasteiger partial charge in [0.15, 0.2) is 41.4 Å². The van der Waals surface area contributed by atoms with Crippen LogP contribution in [0.15, 0.2) is 34.9 Å². The molecule has 0 radical (unpaired) electrons. The normalized spacial score (nSPS) is 31.1.